The van der Waals surface area contributed by atoms with E-state index in [1.54, 1.807) is 23.7 Å². The Labute approximate surface area is 110 Å². The molecule has 2 rings (SSSR count). The monoisotopic (exact) mass is 312 g/mol. The van der Waals surface area contributed by atoms with E-state index in [1.807, 2.05) is 0 Å². The van der Waals surface area contributed by atoms with Crippen LogP contribution in [0.1, 0.15) is 5.69 Å². The number of hydrogen-bond donors (Lipinski definition) is 2. The van der Waals surface area contributed by atoms with E-state index in [9.17, 15) is 4.79 Å². The molecule has 2 aromatic rings. The fourth-order valence-corrected chi connectivity index (χ4v) is 2.15. The maximum absolute atomic E-state index is 11.7. The summed E-state index contributed by atoms with van der Waals surface area (Å²) in [6, 6.07) is 3.52. The minimum atomic E-state index is -0.149. The number of amides is 1. The third kappa shape index (κ3) is 3.24. The third-order valence-corrected chi connectivity index (χ3v) is 3.30. The molecule has 0 unspecified atom stereocenters. The number of carbonyl (C=O) groups is 1. The molecule has 5 nitrogen and oxygen atoms in total. The van der Waals surface area contributed by atoms with Gasteiger partial charge in [0, 0.05) is 11.6 Å². The Morgan fingerprint density at radius 3 is 3.06 bits per heavy atom. The molecule has 0 atom stereocenters. The van der Waals surface area contributed by atoms with Crippen molar-refractivity contribution in [2.24, 2.45) is 0 Å². The summed E-state index contributed by atoms with van der Waals surface area (Å²) >= 11 is 4.58. The van der Waals surface area contributed by atoms with E-state index in [0.29, 0.717) is 21.1 Å². The molecule has 2 heterocycles. The minimum absolute atomic E-state index is 0.149. The van der Waals surface area contributed by atoms with Gasteiger partial charge in [0.25, 0.3) is 0 Å². The Bertz CT molecular complexity index is 543. The Kier molecular flexibility index (Phi) is 3.70. The van der Waals surface area contributed by atoms with Crippen molar-refractivity contribution >= 4 is 44.0 Å². The molecule has 0 aliphatic carbocycles. The van der Waals surface area contributed by atoms with Crippen LogP contribution >= 0.6 is 27.3 Å². The molecule has 0 bridgehead atoms. The number of anilines is 2. The lowest BCUT2D eigenvalue weighted by molar-refractivity contribution is -0.115. The first-order chi connectivity index (χ1) is 8.15. The van der Waals surface area contributed by atoms with Crippen LogP contribution in [0.3, 0.4) is 0 Å². The van der Waals surface area contributed by atoms with Crippen molar-refractivity contribution in [2.75, 3.05) is 11.1 Å². The summed E-state index contributed by atoms with van der Waals surface area (Å²) in [6.45, 7) is 0. The molecular formula is C10H9BrN4OS. The Morgan fingerprint density at radius 2 is 2.41 bits per heavy atom. The Morgan fingerprint density at radius 1 is 1.59 bits per heavy atom. The zero-order valence-electron chi connectivity index (χ0n) is 8.68. The maximum atomic E-state index is 11.7. The number of pyridine rings is 1. The van der Waals surface area contributed by atoms with Gasteiger partial charge in [0.15, 0.2) is 5.13 Å². The van der Waals surface area contributed by atoms with E-state index in [2.05, 4.69) is 31.2 Å². The average Bonchev–Trinajstić information content (AvgIpc) is 2.67. The lowest BCUT2D eigenvalue weighted by atomic mass is 10.3. The van der Waals surface area contributed by atoms with Crippen molar-refractivity contribution in [2.45, 2.75) is 6.42 Å². The molecule has 0 aliphatic rings. The van der Waals surface area contributed by atoms with Gasteiger partial charge in [-0.05, 0) is 28.1 Å². The minimum Gasteiger partial charge on any atom is -0.375 e. The van der Waals surface area contributed by atoms with Crippen molar-refractivity contribution in [1.82, 2.24) is 9.97 Å². The van der Waals surface area contributed by atoms with Crippen LogP contribution in [-0.2, 0) is 11.2 Å². The first-order valence-electron chi connectivity index (χ1n) is 4.75. The summed E-state index contributed by atoms with van der Waals surface area (Å²) in [5, 5.41) is 4.98. The van der Waals surface area contributed by atoms with E-state index < -0.39 is 0 Å². The third-order valence-electron chi connectivity index (χ3n) is 1.94. The smallest absolute Gasteiger partial charge is 0.230 e. The molecule has 0 fully saturated rings. The molecular weight excluding hydrogens is 304 g/mol. The van der Waals surface area contributed by atoms with Crippen LogP contribution in [-0.4, -0.2) is 15.9 Å². The number of aromatic nitrogens is 2. The second-order valence-corrected chi connectivity index (χ2v) is 4.88. The molecule has 0 saturated carbocycles. The van der Waals surface area contributed by atoms with Crippen molar-refractivity contribution < 1.29 is 4.79 Å². The quantitative estimate of drug-likeness (QED) is 0.850. The Balaban J connectivity index is 2.01. The zero-order valence-corrected chi connectivity index (χ0v) is 11.1. The summed E-state index contributed by atoms with van der Waals surface area (Å²) in [6.07, 6.45) is 1.84. The number of hydrogen-bond acceptors (Lipinski definition) is 5. The molecule has 0 aliphatic heterocycles. The number of thiazole rings is 1. The number of nitrogens with one attached hydrogen (secondary N) is 1. The van der Waals surface area contributed by atoms with Gasteiger partial charge in [-0.25, -0.2) is 9.97 Å². The van der Waals surface area contributed by atoms with Gasteiger partial charge in [-0.3, -0.25) is 4.79 Å². The van der Waals surface area contributed by atoms with Crippen molar-refractivity contribution in [3.8, 4) is 0 Å². The fraction of sp³-hybridized carbons (Fsp3) is 0.100. The van der Waals surface area contributed by atoms with Gasteiger partial charge in [-0.15, -0.1) is 11.3 Å². The lowest BCUT2D eigenvalue weighted by Crippen LogP contribution is -2.15. The highest BCUT2D eigenvalue weighted by atomic mass is 79.9. The second-order valence-electron chi connectivity index (χ2n) is 3.24. The summed E-state index contributed by atoms with van der Waals surface area (Å²) in [4.78, 5) is 19.7. The molecule has 2 aromatic heterocycles. The van der Waals surface area contributed by atoms with Gasteiger partial charge >= 0.3 is 0 Å². The van der Waals surface area contributed by atoms with E-state index in [4.69, 9.17) is 5.73 Å². The van der Waals surface area contributed by atoms with Crippen LogP contribution in [0.2, 0.25) is 0 Å². The van der Waals surface area contributed by atoms with Gasteiger partial charge < -0.3 is 11.1 Å². The van der Waals surface area contributed by atoms with Gasteiger partial charge in [0.2, 0.25) is 5.91 Å². The molecule has 0 radical (unpaired) electrons. The van der Waals surface area contributed by atoms with Gasteiger partial charge in [0.05, 0.1) is 17.8 Å². The summed E-state index contributed by atoms with van der Waals surface area (Å²) in [5.41, 5.74) is 6.80. The summed E-state index contributed by atoms with van der Waals surface area (Å²) < 4.78 is 0.603. The van der Waals surface area contributed by atoms with Crippen LogP contribution in [0.4, 0.5) is 10.8 Å². The number of nitrogen functional groups attached to an aromatic ring is 1. The van der Waals surface area contributed by atoms with Crippen molar-refractivity contribution in [1.29, 1.82) is 0 Å². The Hall–Kier alpha value is -1.47. The van der Waals surface area contributed by atoms with Crippen LogP contribution in [0, 0.1) is 0 Å². The lowest BCUT2D eigenvalue weighted by Gasteiger charge is -2.04. The molecule has 0 aromatic carbocycles. The molecule has 0 saturated heterocycles. The SMILES string of the molecule is Nc1nc(CC(=O)Nc2cccnc2Br)cs1. The summed E-state index contributed by atoms with van der Waals surface area (Å²) in [7, 11) is 0. The van der Waals surface area contributed by atoms with Crippen LogP contribution in [0.25, 0.3) is 0 Å². The van der Waals surface area contributed by atoms with E-state index in [-0.39, 0.29) is 12.3 Å². The zero-order chi connectivity index (χ0) is 12.3. The number of carbonyl (C=O) groups excluding carboxylic acids is 1. The van der Waals surface area contributed by atoms with Crippen molar-refractivity contribution in [3.63, 3.8) is 0 Å². The molecule has 1 amide bonds. The highest BCUT2D eigenvalue weighted by Crippen LogP contribution is 2.19. The molecule has 0 spiro atoms. The highest BCUT2D eigenvalue weighted by Gasteiger charge is 2.08. The van der Waals surface area contributed by atoms with E-state index >= 15 is 0 Å². The maximum Gasteiger partial charge on any atom is 0.230 e. The summed E-state index contributed by atoms with van der Waals surface area (Å²) in [5.74, 6) is -0.149. The highest BCUT2D eigenvalue weighted by molar-refractivity contribution is 9.10. The number of nitrogens with two attached hydrogens (primary N) is 1. The van der Waals surface area contributed by atoms with Gasteiger partial charge in [0.1, 0.15) is 4.60 Å². The topological polar surface area (TPSA) is 80.9 Å². The normalized spacial score (nSPS) is 10.2. The predicted molar refractivity (Wildman–Crippen MR) is 70.8 cm³/mol. The molecule has 3 N–H and O–H groups in total. The molecule has 88 valence electrons. The van der Waals surface area contributed by atoms with Crippen LogP contribution in [0.15, 0.2) is 28.3 Å². The average molecular weight is 313 g/mol. The van der Waals surface area contributed by atoms with E-state index in [0.717, 1.165) is 0 Å². The first kappa shape index (κ1) is 12.0. The van der Waals surface area contributed by atoms with Gasteiger partial charge in [-0.1, -0.05) is 0 Å². The molecule has 7 heteroatoms. The fourth-order valence-electron chi connectivity index (χ4n) is 1.24. The predicted octanol–water partition coefficient (Wildman–Crippen LogP) is 2.06. The molecule has 17 heavy (non-hydrogen) atoms. The standard InChI is InChI=1S/C10H9BrN4OS/c11-9-7(2-1-3-13-9)15-8(16)4-6-5-17-10(12)14-6/h1-3,5H,4H2,(H2,12,14)(H,15,16). The van der Waals surface area contributed by atoms with Crippen LogP contribution < -0.4 is 11.1 Å². The van der Waals surface area contributed by atoms with Gasteiger partial charge in [-0.2, -0.15) is 0 Å². The number of nitrogens with zero attached hydrogens (tertiary/aromatic N) is 2. The second kappa shape index (κ2) is 5.24. The van der Waals surface area contributed by atoms with E-state index in [1.165, 1.54) is 11.3 Å². The first-order valence-corrected chi connectivity index (χ1v) is 6.42. The number of halogens is 1. The van der Waals surface area contributed by atoms with Crippen molar-refractivity contribution in [3.05, 3.63) is 34.0 Å². The largest absolute Gasteiger partial charge is 0.375 e. The number of rotatable bonds is 3. The van der Waals surface area contributed by atoms with Crippen LogP contribution in [0.5, 0.6) is 0 Å².